The van der Waals surface area contributed by atoms with Gasteiger partial charge in [-0.05, 0) is 60.3 Å². The smallest absolute Gasteiger partial charge is 0.408 e. The van der Waals surface area contributed by atoms with Crippen molar-refractivity contribution in [1.82, 2.24) is 15.5 Å². The van der Waals surface area contributed by atoms with Crippen molar-refractivity contribution in [2.75, 3.05) is 0 Å². The molecule has 0 atom stereocenters. The average Bonchev–Trinajstić information content (AvgIpc) is 3.05. The molecule has 2 rings (SSSR count). The summed E-state index contributed by atoms with van der Waals surface area (Å²) in [5.74, 6) is 1.22. The van der Waals surface area contributed by atoms with E-state index in [-0.39, 0.29) is 11.6 Å². The number of nitrogens with zero attached hydrogens (tertiary/aromatic N) is 2. The lowest BCUT2D eigenvalue weighted by atomic mass is 9.72. The van der Waals surface area contributed by atoms with Crippen LogP contribution in [0.3, 0.4) is 0 Å². The van der Waals surface area contributed by atoms with E-state index >= 15 is 0 Å². The normalized spacial score (nSPS) is 18.0. The Balaban J connectivity index is 2.26. The summed E-state index contributed by atoms with van der Waals surface area (Å²) in [6.45, 7) is 11.9. The topological polar surface area (TPSA) is 77.2 Å². The first kappa shape index (κ1) is 17.8. The van der Waals surface area contributed by atoms with Crippen molar-refractivity contribution in [3.05, 3.63) is 11.7 Å². The van der Waals surface area contributed by atoms with Gasteiger partial charge in [-0.3, -0.25) is 0 Å². The zero-order valence-electron chi connectivity index (χ0n) is 15.2. The number of hydrogen-bond acceptors (Lipinski definition) is 5. The molecule has 130 valence electrons. The molecule has 1 N–H and O–H groups in total. The van der Waals surface area contributed by atoms with Crippen LogP contribution in [0.25, 0.3) is 0 Å². The molecule has 23 heavy (non-hydrogen) atoms. The summed E-state index contributed by atoms with van der Waals surface area (Å²) in [7, 11) is 0. The highest BCUT2D eigenvalue weighted by molar-refractivity contribution is 5.69. The Kier molecular flexibility index (Phi) is 4.74. The van der Waals surface area contributed by atoms with Gasteiger partial charge in [0, 0.05) is 12.0 Å². The van der Waals surface area contributed by atoms with Gasteiger partial charge in [-0.2, -0.15) is 4.98 Å². The lowest BCUT2D eigenvalue weighted by Gasteiger charge is -2.41. The number of carbonyl (C=O) groups excluding carboxylic acids is 1. The van der Waals surface area contributed by atoms with Gasteiger partial charge in [-0.1, -0.05) is 12.1 Å². The Hall–Kier alpha value is -1.59. The second-order valence-electron chi connectivity index (χ2n) is 7.96. The maximum atomic E-state index is 12.4. The van der Waals surface area contributed by atoms with Crippen molar-refractivity contribution in [2.24, 2.45) is 0 Å². The minimum absolute atomic E-state index is 0.331. The molecule has 6 nitrogen and oxygen atoms in total. The van der Waals surface area contributed by atoms with Crippen LogP contribution < -0.4 is 5.32 Å². The monoisotopic (exact) mass is 323 g/mol. The van der Waals surface area contributed by atoms with E-state index in [4.69, 9.17) is 9.26 Å². The van der Waals surface area contributed by atoms with Crippen LogP contribution >= 0.6 is 0 Å². The van der Waals surface area contributed by atoms with Gasteiger partial charge < -0.3 is 14.6 Å². The predicted molar refractivity (Wildman–Crippen MR) is 87.3 cm³/mol. The predicted octanol–water partition coefficient (Wildman–Crippen LogP) is 3.75. The molecule has 1 fully saturated rings. The third kappa shape index (κ3) is 3.67. The molecule has 1 aliphatic rings. The van der Waals surface area contributed by atoms with Crippen molar-refractivity contribution in [1.29, 1.82) is 0 Å². The Bertz CT molecular complexity index is 552. The number of carbonyl (C=O) groups is 1. The van der Waals surface area contributed by atoms with E-state index in [1.807, 2.05) is 41.5 Å². The molecule has 1 heterocycles. The third-order valence-corrected chi connectivity index (χ3v) is 4.64. The maximum Gasteiger partial charge on any atom is 0.408 e. The Labute approximate surface area is 138 Å². The Morgan fingerprint density at radius 3 is 2.35 bits per heavy atom. The summed E-state index contributed by atoms with van der Waals surface area (Å²) in [5, 5.41) is 7.02. The first-order chi connectivity index (χ1) is 10.6. The lowest BCUT2D eigenvalue weighted by molar-refractivity contribution is -0.0417. The highest BCUT2D eigenvalue weighted by Crippen LogP contribution is 2.47. The standard InChI is InChI=1S/C17H29N3O3/c1-7-12-18-13(20-23-12)16(5,6)17(10-8-9-11-17)22-14(21)19-15(2,3)4/h7-11H2,1-6H3,(H,19,21). The number of aryl methyl sites for hydroxylation is 1. The summed E-state index contributed by atoms with van der Waals surface area (Å²) in [6.07, 6.45) is 4.00. The van der Waals surface area contributed by atoms with Crippen LogP contribution in [0.5, 0.6) is 0 Å². The Morgan fingerprint density at radius 1 is 1.26 bits per heavy atom. The van der Waals surface area contributed by atoms with Crippen LogP contribution in [0.4, 0.5) is 4.79 Å². The summed E-state index contributed by atoms with van der Waals surface area (Å²) in [4.78, 5) is 16.8. The van der Waals surface area contributed by atoms with Crippen molar-refractivity contribution >= 4 is 6.09 Å². The minimum atomic E-state index is -0.600. The molecule has 0 saturated heterocycles. The fourth-order valence-corrected chi connectivity index (χ4v) is 3.17. The molecular weight excluding hydrogens is 294 g/mol. The van der Waals surface area contributed by atoms with Crippen LogP contribution in [-0.2, 0) is 16.6 Å². The molecule has 0 radical (unpaired) electrons. The highest BCUT2D eigenvalue weighted by Gasteiger charge is 2.53. The molecule has 0 bridgehead atoms. The summed E-state index contributed by atoms with van der Waals surface area (Å²) >= 11 is 0. The van der Waals surface area contributed by atoms with E-state index in [1.54, 1.807) is 0 Å². The van der Waals surface area contributed by atoms with E-state index < -0.39 is 11.0 Å². The zero-order chi connectivity index (χ0) is 17.3. The van der Waals surface area contributed by atoms with Crippen LogP contribution in [0, 0.1) is 0 Å². The summed E-state index contributed by atoms with van der Waals surface area (Å²) in [5.41, 5.74) is -1.44. The largest absolute Gasteiger partial charge is 0.442 e. The quantitative estimate of drug-likeness (QED) is 0.913. The SMILES string of the molecule is CCc1nc(C(C)(C)C2(OC(=O)NC(C)(C)C)CCCC2)no1. The number of rotatable bonds is 4. The Morgan fingerprint density at radius 2 is 1.87 bits per heavy atom. The molecular formula is C17H29N3O3. The first-order valence-electron chi connectivity index (χ1n) is 8.44. The molecule has 1 saturated carbocycles. The molecule has 1 aromatic rings. The van der Waals surface area contributed by atoms with E-state index in [2.05, 4.69) is 15.5 Å². The van der Waals surface area contributed by atoms with Gasteiger partial charge in [0.05, 0.1) is 5.41 Å². The molecule has 0 spiro atoms. The van der Waals surface area contributed by atoms with Gasteiger partial charge >= 0.3 is 6.09 Å². The highest BCUT2D eigenvalue weighted by atomic mass is 16.6. The third-order valence-electron chi connectivity index (χ3n) is 4.64. The van der Waals surface area contributed by atoms with Crippen LogP contribution in [0.15, 0.2) is 4.52 Å². The summed E-state index contributed by atoms with van der Waals surface area (Å²) < 4.78 is 11.2. The number of amides is 1. The molecule has 0 aliphatic heterocycles. The van der Waals surface area contributed by atoms with Gasteiger partial charge in [0.2, 0.25) is 5.89 Å². The molecule has 1 amide bonds. The van der Waals surface area contributed by atoms with Crippen molar-refractivity contribution in [2.45, 2.75) is 90.2 Å². The maximum absolute atomic E-state index is 12.4. The number of aromatic nitrogens is 2. The first-order valence-corrected chi connectivity index (χ1v) is 8.44. The number of alkyl carbamates (subject to hydrolysis) is 1. The molecule has 1 aliphatic carbocycles. The van der Waals surface area contributed by atoms with Crippen LogP contribution in [0.1, 0.15) is 78.9 Å². The van der Waals surface area contributed by atoms with Gasteiger partial charge in [0.15, 0.2) is 5.82 Å². The van der Waals surface area contributed by atoms with Crippen molar-refractivity contribution in [3.63, 3.8) is 0 Å². The number of nitrogens with one attached hydrogen (secondary N) is 1. The fourth-order valence-electron chi connectivity index (χ4n) is 3.17. The second kappa shape index (κ2) is 6.13. The van der Waals surface area contributed by atoms with Gasteiger partial charge in [0.25, 0.3) is 0 Å². The molecule has 1 aromatic heterocycles. The zero-order valence-corrected chi connectivity index (χ0v) is 15.2. The minimum Gasteiger partial charge on any atom is -0.442 e. The number of hydrogen-bond donors (Lipinski definition) is 1. The van der Waals surface area contributed by atoms with Gasteiger partial charge in [0.1, 0.15) is 5.60 Å². The van der Waals surface area contributed by atoms with E-state index in [0.29, 0.717) is 18.1 Å². The van der Waals surface area contributed by atoms with Crippen molar-refractivity contribution in [3.8, 4) is 0 Å². The van der Waals surface area contributed by atoms with Gasteiger partial charge in [-0.15, -0.1) is 0 Å². The van der Waals surface area contributed by atoms with E-state index in [1.165, 1.54) is 0 Å². The molecule has 6 heteroatoms. The van der Waals surface area contributed by atoms with Crippen LogP contribution in [-0.4, -0.2) is 27.4 Å². The molecule has 0 unspecified atom stereocenters. The lowest BCUT2D eigenvalue weighted by Crippen LogP contribution is -2.53. The fraction of sp³-hybridized carbons (Fsp3) is 0.824. The van der Waals surface area contributed by atoms with Crippen molar-refractivity contribution < 1.29 is 14.1 Å². The second-order valence-corrected chi connectivity index (χ2v) is 7.96. The summed E-state index contributed by atoms with van der Waals surface area (Å²) in [6, 6.07) is 0. The van der Waals surface area contributed by atoms with Gasteiger partial charge in [-0.25, -0.2) is 4.79 Å². The van der Waals surface area contributed by atoms with E-state index in [9.17, 15) is 4.79 Å². The molecule has 0 aromatic carbocycles. The van der Waals surface area contributed by atoms with E-state index in [0.717, 1.165) is 25.7 Å². The average molecular weight is 323 g/mol. The number of ether oxygens (including phenoxy) is 1. The van der Waals surface area contributed by atoms with Crippen LogP contribution in [0.2, 0.25) is 0 Å².